The summed E-state index contributed by atoms with van der Waals surface area (Å²) in [4.78, 5) is 25.8. The lowest BCUT2D eigenvalue weighted by Crippen LogP contribution is -2.28. The molecule has 0 saturated carbocycles. The molecule has 7 heteroatoms. The predicted molar refractivity (Wildman–Crippen MR) is 107 cm³/mol. The second-order valence-corrected chi connectivity index (χ2v) is 7.59. The van der Waals surface area contributed by atoms with Crippen LogP contribution < -0.4 is 4.90 Å². The standard InChI is InChI=1S/C20H11BrFNO3S/c21-13-7-5-12(6-8-13)17-10-9-14(26-17)11-18-19(24)23(20(25)27-18)16-4-2-1-3-15(16)22/h1-11H/b18-11+. The van der Waals surface area contributed by atoms with E-state index in [-0.39, 0.29) is 10.6 Å². The Balaban J connectivity index is 1.62. The lowest BCUT2D eigenvalue weighted by atomic mass is 10.2. The molecule has 27 heavy (non-hydrogen) atoms. The van der Waals surface area contributed by atoms with E-state index in [2.05, 4.69) is 15.9 Å². The van der Waals surface area contributed by atoms with Crippen LogP contribution in [0.25, 0.3) is 17.4 Å². The Kier molecular flexibility index (Phi) is 4.72. The largest absolute Gasteiger partial charge is 0.457 e. The third-order valence-electron chi connectivity index (χ3n) is 3.92. The molecule has 134 valence electrons. The minimum absolute atomic E-state index is 0.0570. The van der Waals surface area contributed by atoms with Crippen LogP contribution in [0, 0.1) is 5.82 Å². The predicted octanol–water partition coefficient (Wildman–Crippen LogP) is 6.09. The van der Waals surface area contributed by atoms with Crippen molar-refractivity contribution in [1.82, 2.24) is 0 Å². The number of para-hydroxylation sites is 1. The first-order valence-corrected chi connectivity index (χ1v) is 9.52. The first-order valence-electron chi connectivity index (χ1n) is 7.91. The van der Waals surface area contributed by atoms with E-state index in [4.69, 9.17) is 4.42 Å². The zero-order valence-electron chi connectivity index (χ0n) is 13.7. The van der Waals surface area contributed by atoms with E-state index in [0.29, 0.717) is 11.5 Å². The molecule has 4 nitrogen and oxygen atoms in total. The number of imide groups is 1. The molecule has 0 radical (unpaired) electrons. The Morgan fingerprint density at radius 3 is 2.48 bits per heavy atom. The number of carbonyl (C=O) groups excluding carboxylic acids is 2. The van der Waals surface area contributed by atoms with Crippen molar-refractivity contribution in [2.45, 2.75) is 0 Å². The Morgan fingerprint density at radius 2 is 1.74 bits per heavy atom. The molecular weight excluding hydrogens is 433 g/mol. The second kappa shape index (κ2) is 7.17. The second-order valence-electron chi connectivity index (χ2n) is 5.68. The fourth-order valence-electron chi connectivity index (χ4n) is 2.64. The van der Waals surface area contributed by atoms with Crippen LogP contribution in [0.15, 0.2) is 74.5 Å². The highest BCUT2D eigenvalue weighted by Gasteiger charge is 2.37. The lowest BCUT2D eigenvalue weighted by Gasteiger charge is -2.12. The van der Waals surface area contributed by atoms with Gasteiger partial charge in [0.15, 0.2) is 0 Å². The average molecular weight is 444 g/mol. The van der Waals surface area contributed by atoms with Crippen molar-refractivity contribution in [1.29, 1.82) is 0 Å². The molecule has 0 spiro atoms. The Morgan fingerprint density at radius 1 is 1.00 bits per heavy atom. The molecule has 0 atom stereocenters. The smallest absolute Gasteiger partial charge is 0.298 e. The molecule has 0 aliphatic carbocycles. The molecule has 0 N–H and O–H groups in total. The zero-order chi connectivity index (χ0) is 19.0. The van der Waals surface area contributed by atoms with Gasteiger partial charge in [0.25, 0.3) is 11.1 Å². The van der Waals surface area contributed by atoms with Crippen molar-refractivity contribution in [2.24, 2.45) is 0 Å². The molecule has 1 aliphatic heterocycles. The molecule has 0 bridgehead atoms. The van der Waals surface area contributed by atoms with Gasteiger partial charge < -0.3 is 4.42 Å². The Hall–Kier alpha value is -2.64. The van der Waals surface area contributed by atoms with Gasteiger partial charge in [-0.05, 0) is 48.2 Å². The van der Waals surface area contributed by atoms with E-state index in [9.17, 15) is 14.0 Å². The molecule has 1 aliphatic rings. The number of amides is 2. The van der Waals surface area contributed by atoms with Crippen molar-refractivity contribution >= 4 is 50.6 Å². The number of benzene rings is 2. The van der Waals surface area contributed by atoms with Gasteiger partial charge in [0.05, 0.1) is 10.6 Å². The number of nitrogens with zero attached hydrogens (tertiary/aromatic N) is 1. The van der Waals surface area contributed by atoms with Crippen LogP contribution in [0.4, 0.5) is 14.9 Å². The van der Waals surface area contributed by atoms with Crippen LogP contribution in [0.5, 0.6) is 0 Å². The fourth-order valence-corrected chi connectivity index (χ4v) is 3.72. The molecule has 2 aromatic carbocycles. The summed E-state index contributed by atoms with van der Waals surface area (Å²) < 4.78 is 20.7. The molecule has 1 saturated heterocycles. The van der Waals surface area contributed by atoms with Gasteiger partial charge in [0.2, 0.25) is 0 Å². The quantitative estimate of drug-likeness (QED) is 0.459. The summed E-state index contributed by atoms with van der Waals surface area (Å²) in [6.07, 6.45) is 1.49. The topological polar surface area (TPSA) is 50.5 Å². The van der Waals surface area contributed by atoms with E-state index >= 15 is 0 Å². The highest BCUT2D eigenvalue weighted by molar-refractivity contribution is 9.10. The SMILES string of the molecule is O=C1S/C(=C/c2ccc(-c3ccc(Br)cc3)o2)C(=O)N1c1ccccc1F. The van der Waals surface area contributed by atoms with Crippen LogP contribution in [0.2, 0.25) is 0 Å². The molecule has 2 heterocycles. The Bertz CT molecular complexity index is 1070. The average Bonchev–Trinajstić information content (AvgIpc) is 3.22. The van der Waals surface area contributed by atoms with Crippen molar-refractivity contribution in [3.63, 3.8) is 0 Å². The van der Waals surface area contributed by atoms with Gasteiger partial charge in [0.1, 0.15) is 17.3 Å². The van der Waals surface area contributed by atoms with Gasteiger partial charge in [-0.3, -0.25) is 9.59 Å². The monoisotopic (exact) mass is 443 g/mol. The highest BCUT2D eigenvalue weighted by Crippen LogP contribution is 2.37. The third kappa shape index (κ3) is 3.48. The first-order chi connectivity index (χ1) is 13.0. The van der Waals surface area contributed by atoms with E-state index in [1.54, 1.807) is 18.2 Å². The van der Waals surface area contributed by atoms with Crippen molar-refractivity contribution in [2.75, 3.05) is 4.90 Å². The summed E-state index contributed by atoms with van der Waals surface area (Å²) >= 11 is 4.13. The van der Waals surface area contributed by atoms with Crippen molar-refractivity contribution in [3.8, 4) is 11.3 Å². The number of hydrogen-bond acceptors (Lipinski definition) is 4. The van der Waals surface area contributed by atoms with Crippen molar-refractivity contribution < 1.29 is 18.4 Å². The number of thioether (sulfide) groups is 1. The number of carbonyl (C=O) groups is 2. The summed E-state index contributed by atoms with van der Waals surface area (Å²) in [6.45, 7) is 0. The third-order valence-corrected chi connectivity index (χ3v) is 5.31. The number of hydrogen-bond donors (Lipinski definition) is 0. The molecule has 0 unspecified atom stereocenters. The lowest BCUT2D eigenvalue weighted by molar-refractivity contribution is -0.113. The maximum atomic E-state index is 14.0. The molecule has 4 rings (SSSR count). The molecule has 1 fully saturated rings. The minimum atomic E-state index is -0.628. The van der Waals surface area contributed by atoms with Crippen LogP contribution in [-0.4, -0.2) is 11.1 Å². The highest BCUT2D eigenvalue weighted by atomic mass is 79.9. The van der Waals surface area contributed by atoms with Gasteiger partial charge in [-0.2, -0.15) is 0 Å². The number of anilines is 1. The normalized spacial score (nSPS) is 15.8. The first kappa shape index (κ1) is 17.8. The van der Waals surface area contributed by atoms with Gasteiger partial charge in [-0.15, -0.1) is 0 Å². The molecule has 1 aromatic heterocycles. The van der Waals surface area contributed by atoms with E-state index < -0.39 is 17.0 Å². The summed E-state index contributed by atoms with van der Waals surface area (Å²) in [5.41, 5.74) is 0.829. The zero-order valence-corrected chi connectivity index (χ0v) is 16.1. The van der Waals surface area contributed by atoms with E-state index in [1.165, 1.54) is 24.3 Å². The van der Waals surface area contributed by atoms with Crippen molar-refractivity contribution in [3.05, 3.63) is 81.6 Å². The van der Waals surface area contributed by atoms with Gasteiger partial charge in [0, 0.05) is 16.1 Å². The fraction of sp³-hybridized carbons (Fsp3) is 0. The molecule has 2 amide bonds. The molecular formula is C20H11BrFNO3S. The summed E-state index contributed by atoms with van der Waals surface area (Å²) in [5.74, 6) is -0.123. The summed E-state index contributed by atoms with van der Waals surface area (Å²) in [5, 5.41) is -0.545. The van der Waals surface area contributed by atoms with Crippen LogP contribution in [-0.2, 0) is 4.79 Å². The Labute approximate surface area is 166 Å². The number of rotatable bonds is 3. The number of halogens is 2. The molecule has 3 aromatic rings. The van der Waals surface area contributed by atoms with E-state index in [1.807, 2.05) is 24.3 Å². The maximum Gasteiger partial charge on any atom is 0.298 e. The van der Waals surface area contributed by atoms with E-state index in [0.717, 1.165) is 26.7 Å². The van der Waals surface area contributed by atoms with Crippen LogP contribution in [0.3, 0.4) is 0 Å². The minimum Gasteiger partial charge on any atom is -0.457 e. The van der Waals surface area contributed by atoms with Crippen LogP contribution >= 0.6 is 27.7 Å². The summed E-state index contributed by atoms with van der Waals surface area (Å²) in [6, 6.07) is 16.8. The maximum absolute atomic E-state index is 14.0. The van der Waals surface area contributed by atoms with Gasteiger partial charge in [-0.25, -0.2) is 9.29 Å². The number of furan rings is 1. The van der Waals surface area contributed by atoms with Gasteiger partial charge in [-0.1, -0.05) is 40.2 Å². The van der Waals surface area contributed by atoms with Gasteiger partial charge >= 0.3 is 0 Å². The summed E-state index contributed by atoms with van der Waals surface area (Å²) in [7, 11) is 0. The van der Waals surface area contributed by atoms with Crippen LogP contribution in [0.1, 0.15) is 5.76 Å².